The molecule has 0 aliphatic heterocycles. The Morgan fingerprint density at radius 1 is 1.19 bits per heavy atom. The first kappa shape index (κ1) is 18.1. The maximum Gasteiger partial charge on any atom is 0.348 e. The predicted molar refractivity (Wildman–Crippen MR) is 102 cm³/mol. The molecule has 0 saturated heterocycles. The second-order valence-electron chi connectivity index (χ2n) is 5.73. The summed E-state index contributed by atoms with van der Waals surface area (Å²) in [5.41, 5.74) is 1.87. The Morgan fingerprint density at radius 2 is 1.96 bits per heavy atom. The van der Waals surface area contributed by atoms with Gasteiger partial charge in [0.15, 0.2) is 5.78 Å². The molecule has 0 radical (unpaired) electrons. The molecule has 0 bridgehead atoms. The number of ether oxygens (including phenoxy) is 1. The summed E-state index contributed by atoms with van der Waals surface area (Å²) in [6.07, 6.45) is 0. The van der Waals surface area contributed by atoms with E-state index < -0.39 is 5.97 Å². The summed E-state index contributed by atoms with van der Waals surface area (Å²) in [6, 6.07) is 11.8. The maximum absolute atomic E-state index is 14.4. The van der Waals surface area contributed by atoms with E-state index in [0.717, 1.165) is 5.69 Å². The van der Waals surface area contributed by atoms with Gasteiger partial charge in [0.25, 0.3) is 0 Å². The first-order valence-corrected chi connectivity index (χ1v) is 9.04. The van der Waals surface area contributed by atoms with Gasteiger partial charge in [-0.15, -0.1) is 11.3 Å². The fourth-order valence-corrected chi connectivity index (χ4v) is 3.87. The quantitative estimate of drug-likeness (QED) is 0.488. The molecule has 134 valence electrons. The molecule has 2 aromatic carbocycles. The zero-order valence-corrected chi connectivity index (χ0v) is 15.3. The summed E-state index contributed by atoms with van der Waals surface area (Å²) in [5.74, 6) is -0.862. The molecule has 0 fully saturated rings. The number of fused-ring (bicyclic) bond motifs is 1. The molecule has 1 aromatic heterocycles. The van der Waals surface area contributed by atoms with Gasteiger partial charge in [-0.2, -0.15) is 0 Å². The van der Waals surface area contributed by atoms with Gasteiger partial charge < -0.3 is 10.1 Å². The number of anilines is 1. The average molecular weight is 371 g/mol. The molecule has 0 spiro atoms. The Hall–Kier alpha value is -2.73. The summed E-state index contributed by atoms with van der Waals surface area (Å²) in [6.45, 7) is 3.73. The number of benzene rings is 2. The van der Waals surface area contributed by atoms with Crippen LogP contribution in [0.25, 0.3) is 10.1 Å². The summed E-state index contributed by atoms with van der Waals surface area (Å²) in [7, 11) is 0. The predicted octanol–water partition coefficient (Wildman–Crippen LogP) is 5.03. The molecule has 0 amide bonds. The van der Waals surface area contributed by atoms with Gasteiger partial charge in [-0.3, -0.25) is 4.79 Å². The molecule has 0 saturated carbocycles. The van der Waals surface area contributed by atoms with Crippen molar-refractivity contribution in [2.24, 2.45) is 0 Å². The van der Waals surface area contributed by atoms with E-state index >= 15 is 0 Å². The lowest BCUT2D eigenvalue weighted by atomic mass is 10.1. The Kier molecular flexibility index (Phi) is 5.32. The zero-order chi connectivity index (χ0) is 18.7. The smallest absolute Gasteiger partial charge is 0.348 e. The summed E-state index contributed by atoms with van der Waals surface area (Å²) >= 11 is 1.22. The van der Waals surface area contributed by atoms with E-state index in [-0.39, 0.29) is 24.8 Å². The minimum Gasteiger partial charge on any atom is -0.462 e. The number of hydrogen-bond acceptors (Lipinski definition) is 5. The average Bonchev–Trinajstić information content (AvgIpc) is 3.00. The van der Waals surface area contributed by atoms with Crippen LogP contribution in [0.1, 0.15) is 39.4 Å². The third kappa shape index (κ3) is 3.60. The highest BCUT2D eigenvalue weighted by Crippen LogP contribution is 2.34. The molecule has 6 heteroatoms. The fraction of sp³-hybridized carbons (Fsp3) is 0.200. The lowest BCUT2D eigenvalue weighted by Crippen LogP contribution is -2.08. The highest BCUT2D eigenvalue weighted by atomic mass is 32.1. The van der Waals surface area contributed by atoms with E-state index in [2.05, 4.69) is 5.32 Å². The SMILES string of the molecule is CCOC(=O)c1sc2cccc(F)c2c1CNc1cccc(C(C)=O)c1. The van der Waals surface area contributed by atoms with E-state index in [9.17, 15) is 14.0 Å². The standard InChI is InChI=1S/C20H18FNO3S/c1-3-25-20(24)19-15(18-16(21)8-5-9-17(18)26-19)11-22-14-7-4-6-13(10-14)12(2)23/h4-10,22H,3,11H2,1-2H3. The van der Waals surface area contributed by atoms with E-state index in [1.54, 1.807) is 37.3 Å². The van der Waals surface area contributed by atoms with Crippen LogP contribution >= 0.6 is 11.3 Å². The lowest BCUT2D eigenvalue weighted by Gasteiger charge is -2.09. The monoisotopic (exact) mass is 371 g/mol. The van der Waals surface area contributed by atoms with E-state index in [0.29, 0.717) is 26.1 Å². The van der Waals surface area contributed by atoms with Gasteiger partial charge in [0.2, 0.25) is 0 Å². The zero-order valence-electron chi connectivity index (χ0n) is 14.5. The third-order valence-corrected chi connectivity index (χ3v) is 5.14. The van der Waals surface area contributed by atoms with Gasteiger partial charge in [0.1, 0.15) is 10.7 Å². The van der Waals surface area contributed by atoms with Crippen LogP contribution in [0.4, 0.5) is 10.1 Å². The van der Waals surface area contributed by atoms with Gasteiger partial charge in [0.05, 0.1) is 6.61 Å². The van der Waals surface area contributed by atoms with Crippen molar-refractivity contribution in [1.82, 2.24) is 0 Å². The summed E-state index contributed by atoms with van der Waals surface area (Å²) in [4.78, 5) is 24.2. The van der Waals surface area contributed by atoms with Crippen LogP contribution in [0.2, 0.25) is 0 Å². The van der Waals surface area contributed by atoms with Gasteiger partial charge in [0, 0.05) is 33.4 Å². The second kappa shape index (κ2) is 7.66. The fourth-order valence-electron chi connectivity index (χ4n) is 2.74. The minimum atomic E-state index is -0.456. The molecule has 0 unspecified atom stereocenters. The summed E-state index contributed by atoms with van der Waals surface area (Å²) in [5, 5.41) is 3.61. The van der Waals surface area contributed by atoms with E-state index in [1.807, 2.05) is 6.07 Å². The van der Waals surface area contributed by atoms with Crippen LogP contribution in [-0.4, -0.2) is 18.4 Å². The third-order valence-electron chi connectivity index (χ3n) is 3.96. The molecule has 1 heterocycles. The number of thiophene rings is 1. The van der Waals surface area contributed by atoms with E-state index in [1.165, 1.54) is 24.3 Å². The highest BCUT2D eigenvalue weighted by Gasteiger charge is 2.21. The first-order valence-electron chi connectivity index (χ1n) is 8.23. The van der Waals surface area contributed by atoms with Crippen molar-refractivity contribution in [3.8, 4) is 0 Å². The summed E-state index contributed by atoms with van der Waals surface area (Å²) < 4.78 is 20.2. The molecule has 0 atom stereocenters. The minimum absolute atomic E-state index is 0.0344. The maximum atomic E-state index is 14.4. The number of Topliss-reactive ketones (excluding diaryl/α,β-unsaturated/α-hetero) is 1. The Bertz CT molecular complexity index is 980. The van der Waals surface area contributed by atoms with Crippen LogP contribution < -0.4 is 5.32 Å². The highest BCUT2D eigenvalue weighted by molar-refractivity contribution is 7.21. The number of carbonyl (C=O) groups excluding carboxylic acids is 2. The van der Waals surface area contributed by atoms with Crippen LogP contribution in [-0.2, 0) is 11.3 Å². The van der Waals surface area contributed by atoms with Gasteiger partial charge >= 0.3 is 5.97 Å². The van der Waals surface area contributed by atoms with Crippen LogP contribution in [0.15, 0.2) is 42.5 Å². The first-order chi connectivity index (χ1) is 12.5. The van der Waals surface area contributed by atoms with Gasteiger partial charge in [-0.1, -0.05) is 18.2 Å². The number of rotatable bonds is 6. The Morgan fingerprint density at radius 3 is 2.69 bits per heavy atom. The van der Waals surface area contributed by atoms with Crippen molar-refractivity contribution >= 4 is 38.9 Å². The topological polar surface area (TPSA) is 55.4 Å². The number of ketones is 1. The number of carbonyl (C=O) groups is 2. The molecular formula is C20H18FNO3S. The molecule has 0 aliphatic carbocycles. The number of nitrogens with one attached hydrogen (secondary N) is 1. The van der Waals surface area contributed by atoms with Crippen LogP contribution in [0, 0.1) is 5.82 Å². The number of hydrogen-bond donors (Lipinski definition) is 1. The van der Waals surface area contributed by atoms with Gasteiger partial charge in [-0.25, -0.2) is 9.18 Å². The molecule has 26 heavy (non-hydrogen) atoms. The van der Waals surface area contributed by atoms with Crippen molar-refractivity contribution < 1.29 is 18.7 Å². The van der Waals surface area contributed by atoms with Crippen molar-refractivity contribution in [3.05, 3.63) is 64.3 Å². The molecule has 0 aliphatic rings. The normalized spacial score (nSPS) is 10.7. The molecule has 3 rings (SSSR count). The number of esters is 1. The molecule has 4 nitrogen and oxygen atoms in total. The van der Waals surface area contributed by atoms with Gasteiger partial charge in [-0.05, 0) is 38.1 Å². The molecule has 1 N–H and O–H groups in total. The van der Waals surface area contributed by atoms with Crippen molar-refractivity contribution in [2.75, 3.05) is 11.9 Å². The molecule has 3 aromatic rings. The number of halogens is 1. The Balaban J connectivity index is 1.98. The van der Waals surface area contributed by atoms with Crippen molar-refractivity contribution in [3.63, 3.8) is 0 Å². The van der Waals surface area contributed by atoms with Crippen LogP contribution in [0.5, 0.6) is 0 Å². The van der Waals surface area contributed by atoms with E-state index in [4.69, 9.17) is 4.74 Å². The van der Waals surface area contributed by atoms with Crippen molar-refractivity contribution in [1.29, 1.82) is 0 Å². The Labute approximate surface area is 154 Å². The van der Waals surface area contributed by atoms with Crippen LogP contribution in [0.3, 0.4) is 0 Å². The lowest BCUT2D eigenvalue weighted by molar-refractivity contribution is 0.0531. The second-order valence-corrected chi connectivity index (χ2v) is 6.79. The molecular weight excluding hydrogens is 353 g/mol. The largest absolute Gasteiger partial charge is 0.462 e. The van der Waals surface area contributed by atoms with Crippen molar-refractivity contribution in [2.45, 2.75) is 20.4 Å².